The molecule has 0 aliphatic heterocycles. The summed E-state index contributed by atoms with van der Waals surface area (Å²) in [6.07, 6.45) is 0. The summed E-state index contributed by atoms with van der Waals surface area (Å²) in [5.74, 6) is 0. The predicted octanol–water partition coefficient (Wildman–Crippen LogP) is 0.398. The van der Waals surface area contributed by atoms with Gasteiger partial charge < -0.3 is 5.73 Å². The fourth-order valence-corrected chi connectivity index (χ4v) is 0.832. The summed E-state index contributed by atoms with van der Waals surface area (Å²) in [7, 11) is 0. The first-order chi connectivity index (χ1) is 4.61. The number of benzene rings is 1. The quantitative estimate of drug-likeness (QED) is 0.509. The molecule has 0 unspecified atom stereocenters. The topological polar surface area (TPSA) is 26.0 Å². The van der Waals surface area contributed by atoms with Crippen molar-refractivity contribution in [2.45, 2.75) is 6.92 Å². The van der Waals surface area contributed by atoms with Crippen LogP contribution in [0.3, 0.4) is 0 Å². The zero-order valence-electron chi connectivity index (χ0n) is 6.15. The second-order valence-electron chi connectivity index (χ2n) is 2.48. The number of rotatable bonds is 0. The molecule has 2 N–H and O–H groups in total. The Kier molecular flexibility index (Phi) is 1.50. The van der Waals surface area contributed by atoms with E-state index in [4.69, 9.17) is 5.73 Å². The first-order valence-corrected chi connectivity index (χ1v) is 3.15. The second-order valence-corrected chi connectivity index (χ2v) is 2.48. The van der Waals surface area contributed by atoms with Crippen LogP contribution >= 0.6 is 0 Å². The van der Waals surface area contributed by atoms with Crippen molar-refractivity contribution in [3.05, 3.63) is 28.1 Å². The minimum Gasteiger partial charge on any atom is -0.398 e. The van der Waals surface area contributed by atoms with Gasteiger partial charge in [-0.3, -0.25) is 0 Å². The maximum absolute atomic E-state index is 5.62. The smallest absolute Gasteiger partial charge is 0.0349 e. The van der Waals surface area contributed by atoms with E-state index >= 15 is 0 Å². The van der Waals surface area contributed by atoms with Crippen molar-refractivity contribution in [2.24, 2.45) is 0 Å². The van der Waals surface area contributed by atoms with Gasteiger partial charge in [0.1, 0.15) is 0 Å². The van der Waals surface area contributed by atoms with Gasteiger partial charge in [0.2, 0.25) is 0 Å². The number of nitrogens with two attached hydrogens (primary N) is 1. The molecule has 0 bridgehead atoms. The summed E-state index contributed by atoms with van der Waals surface area (Å²) in [5, 5.41) is 1.86. The molecule has 0 saturated heterocycles. The average molecular weight is 133 g/mol. The molecule has 0 aliphatic carbocycles. The van der Waals surface area contributed by atoms with Gasteiger partial charge in [0, 0.05) is 5.69 Å². The Morgan fingerprint density at radius 2 is 1.70 bits per heavy atom. The Hall–Kier alpha value is -1.24. The number of hydrogen-bond donors (Lipinski definition) is 1. The van der Waals surface area contributed by atoms with Gasteiger partial charge in [-0.2, -0.15) is 0 Å². The summed E-state index contributed by atoms with van der Waals surface area (Å²) in [6, 6.07) is 3.79. The van der Waals surface area contributed by atoms with Gasteiger partial charge in [0.05, 0.1) is 0 Å². The molecule has 0 radical (unpaired) electrons. The molecular formula is C9H11N. The first kappa shape index (κ1) is 6.87. The highest BCUT2D eigenvalue weighted by Gasteiger charge is 1.89. The molecule has 10 heavy (non-hydrogen) atoms. The molecule has 0 atom stereocenters. The van der Waals surface area contributed by atoms with Crippen molar-refractivity contribution in [1.82, 2.24) is 0 Å². The number of hydrogen-bond acceptors (Lipinski definition) is 1. The molecule has 0 saturated carbocycles. The third kappa shape index (κ3) is 1.03. The van der Waals surface area contributed by atoms with E-state index in [-0.39, 0.29) is 0 Å². The summed E-state index contributed by atoms with van der Waals surface area (Å²) in [5.41, 5.74) is 7.48. The highest BCUT2D eigenvalue weighted by atomic mass is 14.5. The molecule has 0 amide bonds. The number of nitrogen functional groups attached to an aromatic ring is 1. The van der Waals surface area contributed by atoms with Crippen LogP contribution in [0.4, 0.5) is 5.69 Å². The van der Waals surface area contributed by atoms with Crippen LogP contribution in [-0.4, -0.2) is 0 Å². The van der Waals surface area contributed by atoms with Crippen molar-refractivity contribution in [3.63, 3.8) is 0 Å². The van der Waals surface area contributed by atoms with Crippen LogP contribution in [-0.2, 0) is 0 Å². The second kappa shape index (κ2) is 2.18. The molecule has 0 aromatic heterocycles. The van der Waals surface area contributed by atoms with E-state index in [1.807, 2.05) is 19.1 Å². The number of anilines is 1. The summed E-state index contributed by atoms with van der Waals surface area (Å²) in [6.45, 7) is 9.55. The van der Waals surface area contributed by atoms with E-state index in [0.717, 1.165) is 21.7 Å². The Bertz CT molecular complexity index is 303. The molecule has 1 aromatic rings. The molecular weight excluding hydrogens is 122 g/mol. The van der Waals surface area contributed by atoms with E-state index in [1.165, 1.54) is 0 Å². The fourth-order valence-electron chi connectivity index (χ4n) is 0.832. The van der Waals surface area contributed by atoms with E-state index in [9.17, 15) is 0 Å². The van der Waals surface area contributed by atoms with Crippen molar-refractivity contribution >= 4 is 18.8 Å². The van der Waals surface area contributed by atoms with E-state index in [1.54, 1.807) is 0 Å². The maximum atomic E-state index is 5.62. The van der Waals surface area contributed by atoms with Gasteiger partial charge in [0.25, 0.3) is 0 Å². The largest absolute Gasteiger partial charge is 0.398 e. The minimum atomic E-state index is 0.789. The van der Waals surface area contributed by atoms with Crippen LogP contribution in [0.5, 0.6) is 0 Å². The zero-order valence-corrected chi connectivity index (χ0v) is 6.15. The third-order valence-corrected chi connectivity index (χ3v) is 1.59. The van der Waals surface area contributed by atoms with Crippen molar-refractivity contribution in [1.29, 1.82) is 0 Å². The molecule has 52 valence electrons. The van der Waals surface area contributed by atoms with Gasteiger partial charge in [-0.1, -0.05) is 19.2 Å². The zero-order chi connectivity index (χ0) is 7.72. The van der Waals surface area contributed by atoms with Gasteiger partial charge in [0.15, 0.2) is 0 Å². The Morgan fingerprint density at radius 1 is 1.20 bits per heavy atom. The normalized spacial score (nSPS) is 9.70. The standard InChI is InChI=1S/C9H11N/c1-6-4-8(3)9(10)5-7(6)2/h4-5H,1-2,10H2,3H3. The van der Waals surface area contributed by atoms with Crippen LogP contribution in [0.25, 0.3) is 13.2 Å². The van der Waals surface area contributed by atoms with E-state index < -0.39 is 0 Å². The van der Waals surface area contributed by atoms with Gasteiger partial charge in [-0.25, -0.2) is 0 Å². The van der Waals surface area contributed by atoms with Crippen LogP contribution in [0.1, 0.15) is 5.56 Å². The number of aryl methyl sites for hydroxylation is 1. The molecule has 0 aliphatic rings. The average Bonchev–Trinajstić information content (AvgIpc) is 1.84. The Labute approximate surface area is 60.5 Å². The van der Waals surface area contributed by atoms with Crippen molar-refractivity contribution in [3.8, 4) is 0 Å². The fraction of sp³-hybridized carbons (Fsp3) is 0.111. The summed E-state index contributed by atoms with van der Waals surface area (Å²) >= 11 is 0. The van der Waals surface area contributed by atoms with Crippen LogP contribution in [0.2, 0.25) is 0 Å². The monoisotopic (exact) mass is 133 g/mol. The molecule has 0 spiro atoms. The van der Waals surface area contributed by atoms with E-state index in [0.29, 0.717) is 0 Å². The Balaban J connectivity index is 3.59. The highest BCUT2D eigenvalue weighted by molar-refractivity contribution is 5.46. The molecule has 1 rings (SSSR count). The van der Waals surface area contributed by atoms with Gasteiger partial charge in [-0.15, -0.1) is 0 Å². The lowest BCUT2D eigenvalue weighted by Crippen LogP contribution is -2.22. The molecule has 1 heteroatoms. The maximum Gasteiger partial charge on any atom is 0.0349 e. The van der Waals surface area contributed by atoms with Gasteiger partial charge in [-0.05, 0) is 29.0 Å². The van der Waals surface area contributed by atoms with Crippen molar-refractivity contribution < 1.29 is 0 Å². The molecule has 1 aromatic carbocycles. The molecule has 0 heterocycles. The summed E-state index contributed by atoms with van der Waals surface area (Å²) in [4.78, 5) is 0. The van der Waals surface area contributed by atoms with Gasteiger partial charge >= 0.3 is 0 Å². The molecule has 1 nitrogen and oxygen atoms in total. The SMILES string of the molecule is C=c1cc(C)c(N)cc1=C. The lowest BCUT2D eigenvalue weighted by Gasteiger charge is -1.97. The summed E-state index contributed by atoms with van der Waals surface area (Å²) < 4.78 is 0. The molecule has 0 fully saturated rings. The van der Waals surface area contributed by atoms with E-state index in [2.05, 4.69) is 13.2 Å². The lowest BCUT2D eigenvalue weighted by molar-refractivity contribution is 1.41. The minimum absolute atomic E-state index is 0.789. The Morgan fingerprint density at radius 3 is 2.20 bits per heavy atom. The van der Waals surface area contributed by atoms with Crippen molar-refractivity contribution in [2.75, 3.05) is 5.73 Å². The van der Waals surface area contributed by atoms with Crippen LogP contribution in [0.15, 0.2) is 12.1 Å². The predicted molar refractivity (Wildman–Crippen MR) is 45.9 cm³/mol. The van der Waals surface area contributed by atoms with Crippen LogP contribution in [0, 0.1) is 6.92 Å². The first-order valence-electron chi connectivity index (χ1n) is 3.15. The lowest BCUT2D eigenvalue weighted by atomic mass is 10.1. The highest BCUT2D eigenvalue weighted by Crippen LogP contribution is 2.01. The third-order valence-electron chi connectivity index (χ3n) is 1.59. The van der Waals surface area contributed by atoms with Crippen LogP contribution < -0.4 is 16.2 Å².